The number of carboxylic acids is 1. The number of rotatable bonds is 21. The molecule has 1 heterocycles. The quantitative estimate of drug-likeness (QED) is 0.0172. The van der Waals surface area contributed by atoms with Gasteiger partial charge in [0.15, 0.2) is 5.78 Å². The zero-order valence-electron chi connectivity index (χ0n) is 41.1. The Labute approximate surface area is 402 Å². The number of carbonyl (C=O) groups is 6. The van der Waals surface area contributed by atoms with E-state index in [0.29, 0.717) is 31.3 Å². The summed E-state index contributed by atoms with van der Waals surface area (Å²) in [6, 6.07) is -2.26. The molecule has 0 bridgehead atoms. The molecule has 7 atom stereocenters. The number of allylic oxidation sites excluding steroid dienone is 14. The van der Waals surface area contributed by atoms with E-state index in [1.54, 1.807) is 19.9 Å². The van der Waals surface area contributed by atoms with Gasteiger partial charge in [0.05, 0.1) is 11.2 Å². The van der Waals surface area contributed by atoms with Crippen molar-refractivity contribution in [2.75, 3.05) is 12.3 Å². The molecule has 0 spiro atoms. The van der Waals surface area contributed by atoms with Gasteiger partial charge in [0.25, 0.3) is 0 Å². The summed E-state index contributed by atoms with van der Waals surface area (Å²) in [6.07, 6.45) is 22.1. The molecule has 1 aliphatic heterocycles. The summed E-state index contributed by atoms with van der Waals surface area (Å²) < 4.78 is 17.5. The first-order valence-corrected chi connectivity index (χ1v) is 23.4. The number of nitrogens with two attached hydrogens (primary N) is 1. The summed E-state index contributed by atoms with van der Waals surface area (Å²) >= 11 is 4.11. The van der Waals surface area contributed by atoms with Crippen LogP contribution >= 0.6 is 12.6 Å². The third-order valence-corrected chi connectivity index (χ3v) is 13.0. The summed E-state index contributed by atoms with van der Waals surface area (Å²) in [7, 11) is 0. The van der Waals surface area contributed by atoms with Gasteiger partial charge >= 0.3 is 17.9 Å². The van der Waals surface area contributed by atoms with Crippen LogP contribution in [0.2, 0.25) is 0 Å². The molecular formula is C52H73N3O11S. The van der Waals surface area contributed by atoms with Crippen LogP contribution in [0.15, 0.2) is 100 Å². The van der Waals surface area contributed by atoms with Crippen LogP contribution in [-0.4, -0.2) is 99.1 Å². The lowest BCUT2D eigenvalue weighted by Crippen LogP contribution is -2.51. The zero-order chi connectivity index (χ0) is 50.5. The van der Waals surface area contributed by atoms with Crippen molar-refractivity contribution < 1.29 is 53.2 Å². The summed E-state index contributed by atoms with van der Waals surface area (Å²) in [5, 5.41) is 25.0. The van der Waals surface area contributed by atoms with Gasteiger partial charge in [-0.15, -0.1) is 5.73 Å². The number of aliphatic hydroxyl groups is 1. The highest BCUT2D eigenvalue weighted by molar-refractivity contribution is 7.80. The van der Waals surface area contributed by atoms with Gasteiger partial charge < -0.3 is 40.8 Å². The number of epoxide rings is 1. The fraction of sp³-hybridized carbons (Fsp3) is 0.558. The topological polar surface area (TPSA) is 224 Å². The number of nitrogens with one attached hydrogen (secondary N) is 2. The molecular weight excluding hydrogens is 875 g/mol. The van der Waals surface area contributed by atoms with Crippen molar-refractivity contribution in [3.8, 4) is 0 Å². The van der Waals surface area contributed by atoms with Crippen molar-refractivity contribution in [2.24, 2.45) is 16.6 Å². The second-order valence-electron chi connectivity index (χ2n) is 19.8. The molecule has 0 aromatic carbocycles. The molecule has 0 radical (unpaired) electrons. The Morgan fingerprint density at radius 2 is 1.42 bits per heavy atom. The van der Waals surface area contributed by atoms with E-state index in [0.717, 1.165) is 22.3 Å². The van der Waals surface area contributed by atoms with Crippen molar-refractivity contribution >= 4 is 48.1 Å². The van der Waals surface area contributed by atoms with Gasteiger partial charge in [-0.3, -0.25) is 28.8 Å². The highest BCUT2D eigenvalue weighted by Gasteiger charge is 2.76. The Morgan fingerprint density at radius 3 is 1.97 bits per heavy atom. The second-order valence-corrected chi connectivity index (χ2v) is 20.2. The Kier molecular flexibility index (Phi) is 20.0. The lowest BCUT2D eigenvalue weighted by atomic mass is 9.61. The molecule has 3 aliphatic rings. The number of amides is 2. The summed E-state index contributed by atoms with van der Waals surface area (Å²) in [5.41, 5.74) is 9.67. The van der Waals surface area contributed by atoms with Gasteiger partial charge in [-0.05, 0) is 83.4 Å². The number of fused-ring (bicyclic) bond motifs is 1. The fourth-order valence-corrected chi connectivity index (χ4v) is 9.44. The standard InChI is InChI=1S/C52H73N3O11S/c1-33(18-14-19-35(3)22-24-43-48(6,7)26-38(64-37(5)56)28-50(43,10)63)16-12-13-17-34(2)20-15-21-36(4)42(57)30-52-49(8,9)27-39(29-51(52,11)66-52)65-45(59)31-54-46(60)41(32-67)55-44(58)25-23-40(53)47(61)62/h12-22,38-41,63,67H,23,25-32,53H2,1-11H3,(H,54,60)(H,55,58)(H,61,62)/b13-12+,18-14+,20-15+,33-16+,34-17+,35-19+,36-21+/t24?,38?,39?,40?,41?,50-,51?,52?/m1/s1. The highest BCUT2D eigenvalue weighted by Crippen LogP contribution is 2.67. The van der Waals surface area contributed by atoms with E-state index in [9.17, 15) is 33.9 Å². The monoisotopic (exact) mass is 947 g/mol. The number of ketones is 1. The van der Waals surface area contributed by atoms with E-state index >= 15 is 0 Å². The maximum atomic E-state index is 13.5. The van der Waals surface area contributed by atoms with Gasteiger partial charge in [0, 0.05) is 49.3 Å². The molecule has 0 aromatic rings. The smallest absolute Gasteiger partial charge is 0.325 e. The molecule has 2 aliphatic carbocycles. The average Bonchev–Trinajstić information content (AvgIpc) is 3.82. The first kappa shape index (κ1) is 56.3. The van der Waals surface area contributed by atoms with Crippen LogP contribution in [0, 0.1) is 10.8 Å². The van der Waals surface area contributed by atoms with Crippen LogP contribution in [0.3, 0.4) is 0 Å². The molecule has 67 heavy (non-hydrogen) atoms. The molecule has 14 nitrogen and oxygen atoms in total. The third-order valence-electron chi connectivity index (χ3n) is 12.7. The van der Waals surface area contributed by atoms with Crippen molar-refractivity contribution in [1.29, 1.82) is 0 Å². The Hall–Kier alpha value is -5.05. The predicted octanol–water partition coefficient (Wildman–Crippen LogP) is 6.97. The summed E-state index contributed by atoms with van der Waals surface area (Å²) in [4.78, 5) is 73.6. The minimum atomic E-state index is -1.23. The Bertz CT molecular complexity index is 2160. The van der Waals surface area contributed by atoms with Gasteiger partial charge in [-0.2, -0.15) is 12.6 Å². The number of carboxylic acid groups (broad SMARTS) is 1. The Morgan fingerprint density at radius 1 is 0.836 bits per heavy atom. The maximum absolute atomic E-state index is 13.5. The molecule has 6 unspecified atom stereocenters. The van der Waals surface area contributed by atoms with Crippen LogP contribution in [0.4, 0.5) is 0 Å². The van der Waals surface area contributed by atoms with Crippen molar-refractivity contribution in [2.45, 2.75) is 162 Å². The van der Waals surface area contributed by atoms with E-state index in [1.165, 1.54) is 6.92 Å². The van der Waals surface area contributed by atoms with Crippen molar-refractivity contribution in [3.05, 3.63) is 100 Å². The molecule has 3 rings (SSSR count). The number of ether oxygens (including phenoxy) is 3. The first-order chi connectivity index (χ1) is 31.1. The van der Waals surface area contributed by atoms with E-state index < -0.39 is 70.7 Å². The zero-order valence-corrected chi connectivity index (χ0v) is 42.0. The van der Waals surface area contributed by atoms with Crippen LogP contribution in [0.25, 0.3) is 0 Å². The maximum Gasteiger partial charge on any atom is 0.325 e. The van der Waals surface area contributed by atoms with Crippen molar-refractivity contribution in [1.82, 2.24) is 10.6 Å². The van der Waals surface area contributed by atoms with Crippen LogP contribution in [0.5, 0.6) is 0 Å². The fourth-order valence-electron chi connectivity index (χ4n) is 9.19. The number of Topliss-reactive ketones (excluding diaryl/α,β-unsaturated/α-hetero) is 1. The molecule has 2 amide bonds. The second kappa shape index (κ2) is 23.8. The lowest BCUT2D eigenvalue weighted by molar-refractivity contribution is -0.153. The molecule has 3 fully saturated rings. The minimum Gasteiger partial charge on any atom is -0.480 e. The number of aliphatic carboxylic acids is 1. The normalized spacial score (nSPS) is 27.2. The average molecular weight is 948 g/mol. The van der Waals surface area contributed by atoms with E-state index in [4.69, 9.17) is 25.1 Å². The SMILES string of the molecule is CC(=O)OC1CC(C)(C)C(=C=C/C(C)=C/C=C/C(C)=C/C=C/C=C(C)/C=C/C=C(\C)C(=O)CC23OC2(C)CC(OC(=O)CNC(=O)C(CS)NC(=O)CCC(N)C(=O)O)CC3(C)C)[C@](C)(O)C1. The third kappa shape index (κ3) is 16.3. The van der Waals surface area contributed by atoms with Gasteiger partial charge in [0.2, 0.25) is 11.8 Å². The predicted molar refractivity (Wildman–Crippen MR) is 262 cm³/mol. The first-order valence-electron chi connectivity index (χ1n) is 22.7. The number of thiol groups is 1. The molecule has 6 N–H and O–H groups in total. The lowest BCUT2D eigenvalue weighted by Gasteiger charge is -2.44. The molecule has 368 valence electrons. The molecule has 1 saturated heterocycles. The Balaban J connectivity index is 1.49. The van der Waals surface area contributed by atoms with E-state index in [1.807, 2.05) is 116 Å². The number of hydrogen-bond acceptors (Lipinski definition) is 12. The van der Waals surface area contributed by atoms with Gasteiger partial charge in [0.1, 0.15) is 36.4 Å². The van der Waals surface area contributed by atoms with Crippen molar-refractivity contribution in [3.63, 3.8) is 0 Å². The molecule has 15 heteroatoms. The number of carbonyl (C=O) groups excluding carboxylic acids is 5. The van der Waals surface area contributed by atoms with Crippen LogP contribution in [0.1, 0.15) is 121 Å². The highest BCUT2D eigenvalue weighted by atomic mass is 32.1. The van der Waals surface area contributed by atoms with E-state index in [2.05, 4.69) is 29.0 Å². The number of hydrogen-bond donors (Lipinski definition) is 6. The minimum absolute atomic E-state index is 0.0412. The van der Waals surface area contributed by atoms with Crippen LogP contribution in [-0.2, 0) is 43.0 Å². The van der Waals surface area contributed by atoms with E-state index in [-0.39, 0.29) is 48.3 Å². The summed E-state index contributed by atoms with van der Waals surface area (Å²) in [5.74, 6) is -3.56. The molecule has 2 saturated carbocycles. The largest absolute Gasteiger partial charge is 0.480 e. The van der Waals surface area contributed by atoms with Crippen LogP contribution < -0.4 is 16.4 Å². The molecule has 0 aromatic heterocycles. The van der Waals surface area contributed by atoms with Gasteiger partial charge in [-0.1, -0.05) is 99.6 Å². The number of esters is 2. The van der Waals surface area contributed by atoms with Gasteiger partial charge in [-0.25, -0.2) is 0 Å². The summed E-state index contributed by atoms with van der Waals surface area (Å²) in [6.45, 7) is 20.4.